The third-order valence-electron chi connectivity index (χ3n) is 6.54. The monoisotopic (exact) mass is 406 g/mol. The molecule has 7 heteroatoms. The molecule has 2 heterocycles. The fraction of sp³-hybridized carbons (Fsp3) is 0.667. The Labute approximate surface area is 167 Å². The van der Waals surface area contributed by atoms with Gasteiger partial charge in [0.05, 0.1) is 11.0 Å². The van der Waals surface area contributed by atoms with E-state index in [1.54, 1.807) is 10.4 Å². The Bertz CT molecular complexity index is 823. The number of rotatable bonds is 3. The number of fused-ring (bicyclic) bond motifs is 1. The molecular weight excluding hydrogens is 376 g/mol. The molecule has 1 aromatic rings. The van der Waals surface area contributed by atoms with Crippen molar-refractivity contribution in [1.82, 2.24) is 9.21 Å². The number of sulfonamides is 1. The van der Waals surface area contributed by atoms with Crippen LogP contribution in [-0.2, 0) is 27.7 Å². The number of piperidine rings is 2. The molecule has 0 saturated carbocycles. The molecule has 1 aromatic carbocycles. The lowest BCUT2D eigenvalue weighted by Crippen LogP contribution is -2.47. The van der Waals surface area contributed by atoms with Gasteiger partial charge in [-0.2, -0.15) is 4.31 Å². The molecule has 2 saturated heterocycles. The van der Waals surface area contributed by atoms with Crippen molar-refractivity contribution in [3.63, 3.8) is 0 Å². The predicted octanol–water partition coefficient (Wildman–Crippen LogP) is 1.95. The summed E-state index contributed by atoms with van der Waals surface area (Å²) in [6.45, 7) is 2.00. The first-order valence-electron chi connectivity index (χ1n) is 10.5. The molecule has 2 fully saturated rings. The van der Waals surface area contributed by atoms with Crippen LogP contribution in [0.15, 0.2) is 23.1 Å². The van der Waals surface area contributed by atoms with Crippen molar-refractivity contribution < 1.29 is 18.3 Å². The molecule has 6 nitrogen and oxygen atoms in total. The molecule has 0 spiro atoms. The molecular formula is C21H30N2O4S. The van der Waals surface area contributed by atoms with Crippen LogP contribution in [0.25, 0.3) is 0 Å². The molecule has 154 valence electrons. The van der Waals surface area contributed by atoms with Crippen molar-refractivity contribution in [2.45, 2.75) is 62.4 Å². The van der Waals surface area contributed by atoms with Gasteiger partial charge in [-0.3, -0.25) is 4.79 Å². The number of aliphatic hydroxyl groups is 1. The summed E-state index contributed by atoms with van der Waals surface area (Å²) in [7, 11) is -3.50. The molecule has 0 unspecified atom stereocenters. The van der Waals surface area contributed by atoms with Crippen molar-refractivity contribution >= 4 is 15.9 Å². The number of carbonyl (C=O) groups excluding carboxylic acids is 1. The van der Waals surface area contributed by atoms with E-state index in [2.05, 4.69) is 0 Å². The van der Waals surface area contributed by atoms with Crippen LogP contribution in [0.4, 0.5) is 0 Å². The van der Waals surface area contributed by atoms with Gasteiger partial charge in [-0.1, -0.05) is 6.07 Å². The standard InChI is InChI=1S/C21H30N2O4S/c24-19-9-11-22(12-10-19)21(25)17-7-13-23(14-8-17)28(26,27)20-6-5-16-3-1-2-4-18(16)15-20/h5-6,15,17,19,24H,1-4,7-14H2. The summed E-state index contributed by atoms with van der Waals surface area (Å²) in [4.78, 5) is 15.0. The molecule has 1 amide bonds. The van der Waals surface area contributed by atoms with Gasteiger partial charge in [-0.25, -0.2) is 8.42 Å². The minimum absolute atomic E-state index is 0.106. The van der Waals surface area contributed by atoms with Gasteiger partial charge in [0.25, 0.3) is 0 Å². The Morgan fingerprint density at radius 3 is 2.25 bits per heavy atom. The van der Waals surface area contributed by atoms with Crippen LogP contribution in [0.1, 0.15) is 49.7 Å². The zero-order chi connectivity index (χ0) is 19.7. The highest BCUT2D eigenvalue weighted by Crippen LogP contribution is 2.29. The van der Waals surface area contributed by atoms with Gasteiger partial charge in [0.2, 0.25) is 15.9 Å². The van der Waals surface area contributed by atoms with E-state index in [0.29, 0.717) is 56.8 Å². The van der Waals surface area contributed by atoms with Gasteiger partial charge in [-0.05, 0) is 74.6 Å². The van der Waals surface area contributed by atoms with E-state index in [0.717, 1.165) is 19.3 Å². The number of likely N-dealkylation sites (tertiary alicyclic amines) is 1. The number of nitrogens with zero attached hydrogens (tertiary/aromatic N) is 2. The fourth-order valence-electron chi connectivity index (χ4n) is 4.71. The van der Waals surface area contributed by atoms with Crippen LogP contribution >= 0.6 is 0 Å². The predicted molar refractivity (Wildman–Crippen MR) is 106 cm³/mol. The summed E-state index contributed by atoms with van der Waals surface area (Å²) in [5, 5.41) is 9.61. The van der Waals surface area contributed by atoms with E-state index in [9.17, 15) is 18.3 Å². The molecule has 3 aliphatic rings. The normalized spacial score (nSPS) is 22.8. The number of benzene rings is 1. The Hall–Kier alpha value is -1.44. The third-order valence-corrected chi connectivity index (χ3v) is 8.43. The van der Waals surface area contributed by atoms with E-state index in [4.69, 9.17) is 0 Å². The largest absolute Gasteiger partial charge is 0.393 e. The van der Waals surface area contributed by atoms with Crippen molar-refractivity contribution in [2.24, 2.45) is 5.92 Å². The van der Waals surface area contributed by atoms with Crippen molar-refractivity contribution in [3.8, 4) is 0 Å². The maximum atomic E-state index is 13.1. The average Bonchev–Trinajstić information content (AvgIpc) is 2.73. The minimum Gasteiger partial charge on any atom is -0.393 e. The van der Waals surface area contributed by atoms with Gasteiger partial charge in [0.15, 0.2) is 0 Å². The van der Waals surface area contributed by atoms with Crippen LogP contribution < -0.4 is 0 Å². The van der Waals surface area contributed by atoms with Gasteiger partial charge >= 0.3 is 0 Å². The zero-order valence-electron chi connectivity index (χ0n) is 16.3. The van der Waals surface area contributed by atoms with E-state index >= 15 is 0 Å². The maximum absolute atomic E-state index is 13.1. The highest BCUT2D eigenvalue weighted by atomic mass is 32.2. The van der Waals surface area contributed by atoms with E-state index in [1.807, 2.05) is 17.0 Å². The number of hydrogen-bond donors (Lipinski definition) is 1. The quantitative estimate of drug-likeness (QED) is 0.832. The minimum atomic E-state index is -3.50. The van der Waals surface area contributed by atoms with Crippen molar-refractivity contribution in [1.29, 1.82) is 0 Å². The van der Waals surface area contributed by atoms with E-state index in [1.165, 1.54) is 17.5 Å². The summed E-state index contributed by atoms with van der Waals surface area (Å²) in [5.41, 5.74) is 2.45. The first-order valence-corrected chi connectivity index (χ1v) is 12.0. The second-order valence-corrected chi connectivity index (χ2v) is 10.3. The SMILES string of the molecule is O=C(C1CCN(S(=O)(=O)c2ccc3c(c2)CCCC3)CC1)N1CCC(O)CC1. The molecule has 28 heavy (non-hydrogen) atoms. The Morgan fingerprint density at radius 2 is 1.57 bits per heavy atom. The van der Waals surface area contributed by atoms with Gasteiger partial charge in [-0.15, -0.1) is 0 Å². The molecule has 0 radical (unpaired) electrons. The Kier molecular flexibility index (Phi) is 5.76. The van der Waals surface area contributed by atoms with Gasteiger partial charge in [0.1, 0.15) is 0 Å². The van der Waals surface area contributed by atoms with Crippen LogP contribution in [0.2, 0.25) is 0 Å². The molecule has 0 bridgehead atoms. The second kappa shape index (κ2) is 8.13. The molecule has 0 atom stereocenters. The highest BCUT2D eigenvalue weighted by Gasteiger charge is 2.35. The Morgan fingerprint density at radius 1 is 0.929 bits per heavy atom. The topological polar surface area (TPSA) is 77.9 Å². The lowest BCUT2D eigenvalue weighted by Gasteiger charge is -2.36. The van der Waals surface area contributed by atoms with E-state index < -0.39 is 10.0 Å². The first kappa shape index (κ1) is 19.9. The zero-order valence-corrected chi connectivity index (χ0v) is 17.2. The summed E-state index contributed by atoms with van der Waals surface area (Å²) in [6.07, 6.45) is 6.41. The number of hydrogen-bond acceptors (Lipinski definition) is 4. The van der Waals surface area contributed by atoms with Crippen molar-refractivity contribution in [3.05, 3.63) is 29.3 Å². The molecule has 0 aromatic heterocycles. The smallest absolute Gasteiger partial charge is 0.243 e. The summed E-state index contributed by atoms with van der Waals surface area (Å²) < 4.78 is 27.7. The summed E-state index contributed by atoms with van der Waals surface area (Å²) in [5.74, 6) is 0.0166. The molecule has 4 rings (SSSR count). The molecule has 1 aliphatic carbocycles. The lowest BCUT2D eigenvalue weighted by atomic mass is 9.92. The molecule has 1 N–H and O–H groups in total. The van der Waals surface area contributed by atoms with Gasteiger partial charge < -0.3 is 10.0 Å². The average molecular weight is 407 g/mol. The second-order valence-electron chi connectivity index (χ2n) is 8.37. The van der Waals surface area contributed by atoms with E-state index in [-0.39, 0.29) is 17.9 Å². The third kappa shape index (κ3) is 3.98. The van der Waals surface area contributed by atoms with Crippen LogP contribution in [-0.4, -0.2) is 60.9 Å². The van der Waals surface area contributed by atoms with Crippen LogP contribution in [0, 0.1) is 5.92 Å². The molecule has 2 aliphatic heterocycles. The Balaban J connectivity index is 1.39. The first-order chi connectivity index (χ1) is 13.4. The summed E-state index contributed by atoms with van der Waals surface area (Å²) in [6, 6.07) is 5.58. The van der Waals surface area contributed by atoms with Crippen LogP contribution in [0.3, 0.4) is 0 Å². The van der Waals surface area contributed by atoms with Crippen LogP contribution in [0.5, 0.6) is 0 Å². The maximum Gasteiger partial charge on any atom is 0.243 e. The summed E-state index contributed by atoms with van der Waals surface area (Å²) >= 11 is 0. The number of aryl methyl sites for hydroxylation is 2. The lowest BCUT2D eigenvalue weighted by molar-refractivity contribution is -0.138. The number of carbonyl (C=O) groups is 1. The fourth-order valence-corrected chi connectivity index (χ4v) is 6.23. The number of amides is 1. The van der Waals surface area contributed by atoms with Crippen molar-refractivity contribution in [2.75, 3.05) is 26.2 Å². The highest BCUT2D eigenvalue weighted by molar-refractivity contribution is 7.89. The van der Waals surface area contributed by atoms with Gasteiger partial charge in [0, 0.05) is 32.1 Å². The number of aliphatic hydroxyl groups excluding tert-OH is 1.